The monoisotopic (exact) mass is 206 g/mol. The van der Waals surface area contributed by atoms with Crippen molar-refractivity contribution in [3.05, 3.63) is 0 Å². The Morgan fingerprint density at radius 1 is 0.923 bits per heavy atom. The van der Waals surface area contributed by atoms with Crippen LogP contribution in [0.25, 0.3) is 0 Å². The van der Waals surface area contributed by atoms with Gasteiger partial charge in [-0.15, -0.1) is 0 Å². The normalized spacial score (nSPS) is 15.1. The largest absolute Gasteiger partial charge is 0.228 e. The van der Waals surface area contributed by atoms with E-state index in [1.165, 1.54) is 0 Å². The van der Waals surface area contributed by atoms with E-state index in [-0.39, 0.29) is 5.92 Å². The molecule has 0 heterocycles. The van der Waals surface area contributed by atoms with Crippen molar-refractivity contribution in [1.29, 1.82) is 0 Å². The quantitative estimate of drug-likeness (QED) is 0.696. The molecule has 0 N–H and O–H groups in total. The highest BCUT2D eigenvalue weighted by molar-refractivity contribution is 7.94. The minimum Gasteiger partial charge on any atom is -0.228 e. The van der Waals surface area contributed by atoms with Gasteiger partial charge in [-0.25, -0.2) is 8.42 Å². The van der Waals surface area contributed by atoms with Crippen molar-refractivity contribution < 1.29 is 8.42 Å². The highest BCUT2D eigenvalue weighted by Crippen LogP contribution is 2.34. The zero-order chi connectivity index (χ0) is 11.1. The van der Waals surface area contributed by atoms with Gasteiger partial charge in [0, 0.05) is 0 Å². The minimum atomic E-state index is -3.08. The Kier molecular flexibility index (Phi) is 3.25. The maximum Gasteiger partial charge on any atom is 0.160 e. The van der Waals surface area contributed by atoms with Gasteiger partial charge in [-0.2, -0.15) is 0 Å². The second-order valence-corrected chi connectivity index (χ2v) is 8.66. The summed E-state index contributed by atoms with van der Waals surface area (Å²) < 4.78 is 22.9. The molecule has 0 saturated heterocycles. The van der Waals surface area contributed by atoms with E-state index in [9.17, 15) is 8.42 Å². The molecule has 0 aliphatic carbocycles. The topological polar surface area (TPSA) is 34.1 Å². The van der Waals surface area contributed by atoms with Crippen LogP contribution in [-0.2, 0) is 9.84 Å². The van der Waals surface area contributed by atoms with E-state index in [2.05, 4.69) is 0 Å². The molecule has 0 rings (SSSR count). The van der Waals surface area contributed by atoms with Gasteiger partial charge in [0.15, 0.2) is 9.84 Å². The molecule has 0 aliphatic heterocycles. The average Bonchev–Trinajstić information content (AvgIpc) is 1.84. The molecule has 0 radical (unpaired) electrons. The van der Waals surface area contributed by atoms with E-state index >= 15 is 0 Å². The molecule has 0 aromatic carbocycles. The van der Waals surface area contributed by atoms with Crippen LogP contribution in [0.5, 0.6) is 0 Å². The summed E-state index contributed by atoms with van der Waals surface area (Å²) in [6.07, 6.45) is 0. The van der Waals surface area contributed by atoms with Crippen LogP contribution < -0.4 is 0 Å². The van der Waals surface area contributed by atoms with Gasteiger partial charge >= 0.3 is 0 Å². The lowest BCUT2D eigenvalue weighted by atomic mass is 10.00. The number of hydrogen-bond donors (Lipinski definition) is 0. The first kappa shape index (κ1) is 12.9. The van der Waals surface area contributed by atoms with Gasteiger partial charge in [0.05, 0.1) is 9.49 Å². The Hall–Kier alpha value is -0.0500. The third-order valence-corrected chi connectivity index (χ3v) is 6.36. The first-order valence-electron chi connectivity index (χ1n) is 4.68. The van der Waals surface area contributed by atoms with Crippen molar-refractivity contribution in [3.8, 4) is 0 Å². The second kappa shape index (κ2) is 3.26. The molecule has 0 aromatic rings. The molecule has 0 aliphatic rings. The molecule has 0 aromatic heterocycles. The van der Waals surface area contributed by atoms with E-state index < -0.39 is 19.3 Å². The first-order chi connectivity index (χ1) is 5.44. The van der Waals surface area contributed by atoms with Gasteiger partial charge in [-0.1, -0.05) is 13.8 Å². The zero-order valence-corrected chi connectivity index (χ0v) is 10.6. The van der Waals surface area contributed by atoms with Gasteiger partial charge in [0.2, 0.25) is 0 Å². The highest BCUT2D eigenvalue weighted by atomic mass is 32.2. The second-order valence-electron chi connectivity index (χ2n) is 5.37. The van der Waals surface area contributed by atoms with E-state index in [0.717, 1.165) is 0 Å². The maximum absolute atomic E-state index is 12.1. The van der Waals surface area contributed by atoms with Gasteiger partial charge in [-0.05, 0) is 40.5 Å². The van der Waals surface area contributed by atoms with E-state index in [0.29, 0.717) is 0 Å². The Balaban J connectivity index is 5.32. The van der Waals surface area contributed by atoms with Gasteiger partial charge < -0.3 is 0 Å². The fourth-order valence-corrected chi connectivity index (χ4v) is 3.30. The highest BCUT2D eigenvalue weighted by Gasteiger charge is 2.44. The minimum absolute atomic E-state index is 0.136. The van der Waals surface area contributed by atoms with Crippen LogP contribution in [-0.4, -0.2) is 17.9 Å². The van der Waals surface area contributed by atoms with Crippen molar-refractivity contribution in [2.24, 2.45) is 5.92 Å². The molecule has 0 saturated carbocycles. The lowest BCUT2D eigenvalue weighted by Crippen LogP contribution is -2.47. The van der Waals surface area contributed by atoms with Crippen molar-refractivity contribution in [3.63, 3.8) is 0 Å². The predicted molar refractivity (Wildman–Crippen MR) is 57.6 cm³/mol. The lowest BCUT2D eigenvalue weighted by molar-refractivity contribution is 0.437. The van der Waals surface area contributed by atoms with Crippen molar-refractivity contribution >= 4 is 9.84 Å². The Morgan fingerprint density at radius 3 is 1.31 bits per heavy atom. The molecule has 80 valence electrons. The van der Waals surface area contributed by atoms with Crippen LogP contribution in [0.2, 0.25) is 0 Å². The lowest BCUT2D eigenvalue weighted by Gasteiger charge is -2.35. The first-order valence-corrected chi connectivity index (χ1v) is 6.17. The number of rotatable bonds is 2. The fraction of sp³-hybridized carbons (Fsp3) is 1.00. The Labute approximate surface area is 82.6 Å². The van der Waals surface area contributed by atoms with Crippen molar-refractivity contribution in [1.82, 2.24) is 0 Å². The van der Waals surface area contributed by atoms with E-state index in [1.807, 2.05) is 13.8 Å². The molecule has 0 spiro atoms. The third-order valence-electron chi connectivity index (χ3n) is 2.89. The van der Waals surface area contributed by atoms with Crippen LogP contribution in [0.15, 0.2) is 0 Å². The zero-order valence-electron chi connectivity index (χ0n) is 9.80. The van der Waals surface area contributed by atoms with E-state index in [4.69, 9.17) is 0 Å². The molecular formula is C10H22O2S. The fourth-order valence-electron chi connectivity index (χ4n) is 1.10. The predicted octanol–water partition coefficient (Wildman–Crippen LogP) is 2.63. The summed E-state index contributed by atoms with van der Waals surface area (Å²) in [5.41, 5.74) is 0. The molecule has 0 amide bonds. The summed E-state index contributed by atoms with van der Waals surface area (Å²) in [5, 5.41) is 0. The molecular weight excluding hydrogens is 184 g/mol. The molecule has 2 nitrogen and oxygen atoms in total. The summed E-state index contributed by atoms with van der Waals surface area (Å²) >= 11 is 0. The van der Waals surface area contributed by atoms with Crippen molar-refractivity contribution in [2.45, 2.75) is 58.0 Å². The maximum atomic E-state index is 12.1. The van der Waals surface area contributed by atoms with Crippen LogP contribution in [0.1, 0.15) is 48.5 Å². The van der Waals surface area contributed by atoms with Crippen LogP contribution in [0.4, 0.5) is 0 Å². The SMILES string of the molecule is CC(C)C(C)(C)S(=O)(=O)C(C)(C)C. The molecule has 13 heavy (non-hydrogen) atoms. The molecule has 3 heteroatoms. The Morgan fingerprint density at radius 2 is 1.23 bits per heavy atom. The molecule has 0 fully saturated rings. The number of hydrogen-bond acceptors (Lipinski definition) is 2. The van der Waals surface area contributed by atoms with Gasteiger partial charge in [0.1, 0.15) is 0 Å². The summed E-state index contributed by atoms with van der Waals surface area (Å²) in [4.78, 5) is 0. The summed E-state index contributed by atoms with van der Waals surface area (Å²) in [6.45, 7) is 12.8. The van der Waals surface area contributed by atoms with Crippen LogP contribution in [0.3, 0.4) is 0 Å². The average molecular weight is 206 g/mol. The number of sulfone groups is 1. The van der Waals surface area contributed by atoms with Crippen LogP contribution >= 0.6 is 0 Å². The molecule has 0 atom stereocenters. The summed E-state index contributed by atoms with van der Waals surface area (Å²) in [7, 11) is -3.08. The third kappa shape index (κ3) is 2.06. The van der Waals surface area contributed by atoms with Gasteiger partial charge in [0.25, 0.3) is 0 Å². The summed E-state index contributed by atoms with van der Waals surface area (Å²) in [6, 6.07) is 0. The summed E-state index contributed by atoms with van der Waals surface area (Å²) in [5.74, 6) is 0.136. The van der Waals surface area contributed by atoms with Crippen molar-refractivity contribution in [2.75, 3.05) is 0 Å². The molecule has 0 unspecified atom stereocenters. The van der Waals surface area contributed by atoms with E-state index in [1.54, 1.807) is 34.6 Å². The Bertz CT molecular complexity index is 266. The van der Waals surface area contributed by atoms with Crippen LogP contribution in [0, 0.1) is 5.92 Å². The smallest absolute Gasteiger partial charge is 0.160 e. The standard InChI is InChI=1S/C10H22O2S/c1-8(2)10(6,7)13(11,12)9(3,4)5/h8H,1-7H3. The molecule has 0 bridgehead atoms. The van der Waals surface area contributed by atoms with Gasteiger partial charge in [-0.3, -0.25) is 0 Å².